The first kappa shape index (κ1) is 14.2. The molecule has 0 bridgehead atoms. The van der Waals surface area contributed by atoms with Crippen molar-refractivity contribution in [2.75, 3.05) is 18.1 Å². The summed E-state index contributed by atoms with van der Waals surface area (Å²) < 4.78 is 1.74. The molecule has 0 spiro atoms. The van der Waals surface area contributed by atoms with Crippen molar-refractivity contribution in [2.24, 2.45) is 0 Å². The summed E-state index contributed by atoms with van der Waals surface area (Å²) in [5.41, 5.74) is 0.573. The van der Waals surface area contributed by atoms with E-state index in [9.17, 15) is 9.90 Å². The van der Waals surface area contributed by atoms with E-state index in [-0.39, 0.29) is 12.5 Å². The molecule has 1 aromatic carbocycles. The highest BCUT2D eigenvalue weighted by Crippen LogP contribution is 2.27. The molecule has 3 rings (SSSR count). The number of hydrogen-bond donors (Lipinski definition) is 2. The first-order valence-electron chi connectivity index (χ1n) is 6.84. The Morgan fingerprint density at radius 3 is 2.95 bits per heavy atom. The molecule has 2 N–H and O–H groups in total. The number of thioether (sulfide) groups is 1. The number of aromatic nitrogens is 2. The average molecular weight is 303 g/mol. The van der Waals surface area contributed by atoms with Crippen LogP contribution in [0.5, 0.6) is 0 Å². The van der Waals surface area contributed by atoms with Crippen LogP contribution in [0.4, 0.5) is 0 Å². The van der Waals surface area contributed by atoms with E-state index in [1.165, 1.54) is 6.20 Å². The third-order valence-electron chi connectivity index (χ3n) is 3.57. The van der Waals surface area contributed by atoms with E-state index in [1.54, 1.807) is 22.7 Å². The minimum absolute atomic E-state index is 0.221. The van der Waals surface area contributed by atoms with Crippen molar-refractivity contribution in [1.82, 2.24) is 14.9 Å². The second-order valence-electron chi connectivity index (χ2n) is 5.19. The molecular weight excluding hydrogens is 286 g/mol. The van der Waals surface area contributed by atoms with Gasteiger partial charge in [0.1, 0.15) is 5.69 Å². The second kappa shape index (κ2) is 5.91. The van der Waals surface area contributed by atoms with Crippen LogP contribution < -0.4 is 5.32 Å². The summed E-state index contributed by atoms with van der Waals surface area (Å²) in [4.78, 5) is 16.4. The number of carbonyl (C=O) groups excluding carboxylic acids is 1. The number of aliphatic hydroxyl groups is 1. The number of benzene rings is 1. The van der Waals surface area contributed by atoms with Crippen molar-refractivity contribution in [2.45, 2.75) is 12.0 Å². The Hall–Kier alpha value is -1.79. The van der Waals surface area contributed by atoms with E-state index in [4.69, 9.17) is 0 Å². The average Bonchev–Trinajstić information content (AvgIpc) is 3.15. The van der Waals surface area contributed by atoms with E-state index < -0.39 is 5.60 Å². The lowest BCUT2D eigenvalue weighted by Gasteiger charge is -2.21. The van der Waals surface area contributed by atoms with Gasteiger partial charge in [0.15, 0.2) is 0 Å². The smallest absolute Gasteiger partial charge is 0.270 e. The van der Waals surface area contributed by atoms with Crippen LogP contribution >= 0.6 is 11.8 Å². The number of carbonyl (C=O) groups is 1. The number of para-hydroxylation sites is 1. The highest BCUT2D eigenvalue weighted by atomic mass is 32.2. The fourth-order valence-electron chi connectivity index (χ4n) is 2.33. The van der Waals surface area contributed by atoms with Crippen LogP contribution in [0.2, 0.25) is 0 Å². The van der Waals surface area contributed by atoms with Gasteiger partial charge in [0.05, 0.1) is 18.1 Å². The number of nitrogens with zero attached hydrogens (tertiary/aromatic N) is 2. The maximum absolute atomic E-state index is 12.3. The normalized spacial score (nSPS) is 21.4. The van der Waals surface area contributed by atoms with Crippen molar-refractivity contribution in [3.63, 3.8) is 0 Å². The monoisotopic (exact) mass is 303 g/mol. The van der Waals surface area contributed by atoms with Crippen LogP contribution in [0.1, 0.15) is 16.9 Å². The third kappa shape index (κ3) is 3.11. The summed E-state index contributed by atoms with van der Waals surface area (Å²) in [5, 5.41) is 13.1. The van der Waals surface area contributed by atoms with Gasteiger partial charge in [-0.3, -0.25) is 9.36 Å². The molecule has 2 heterocycles. The van der Waals surface area contributed by atoms with E-state index >= 15 is 0 Å². The largest absolute Gasteiger partial charge is 0.387 e. The number of hydrogen-bond acceptors (Lipinski definition) is 4. The Morgan fingerprint density at radius 2 is 2.24 bits per heavy atom. The van der Waals surface area contributed by atoms with Crippen molar-refractivity contribution in [3.05, 3.63) is 48.5 Å². The molecular formula is C15H17N3O2S. The highest BCUT2D eigenvalue weighted by Gasteiger charge is 2.32. The predicted octanol–water partition coefficient (Wildman–Crippen LogP) is 1.47. The van der Waals surface area contributed by atoms with Crippen molar-refractivity contribution >= 4 is 17.7 Å². The van der Waals surface area contributed by atoms with E-state index in [0.29, 0.717) is 11.4 Å². The SMILES string of the molecule is O=C(NCC1(O)CCSC1)c1cncn1-c1ccccc1. The summed E-state index contributed by atoms with van der Waals surface area (Å²) in [7, 11) is 0. The summed E-state index contributed by atoms with van der Waals surface area (Å²) >= 11 is 1.71. The third-order valence-corrected chi connectivity index (χ3v) is 4.80. The van der Waals surface area contributed by atoms with Gasteiger partial charge in [0.25, 0.3) is 5.91 Å². The lowest BCUT2D eigenvalue weighted by molar-refractivity contribution is 0.0610. The van der Waals surface area contributed by atoms with Gasteiger partial charge < -0.3 is 10.4 Å². The van der Waals surface area contributed by atoms with E-state index in [2.05, 4.69) is 10.3 Å². The number of amides is 1. The minimum atomic E-state index is -0.780. The summed E-state index contributed by atoms with van der Waals surface area (Å²) in [6, 6.07) is 9.58. The predicted molar refractivity (Wildman–Crippen MR) is 82.8 cm³/mol. The van der Waals surface area contributed by atoms with Gasteiger partial charge in [0, 0.05) is 18.0 Å². The standard InChI is InChI=1S/C15H17N3O2S/c19-14(17-9-15(20)6-7-21-10-15)13-8-16-11-18(13)12-4-2-1-3-5-12/h1-5,8,11,20H,6-7,9-10H2,(H,17,19). The molecule has 1 fully saturated rings. The van der Waals surface area contributed by atoms with Crippen LogP contribution in [0.3, 0.4) is 0 Å². The molecule has 1 aliphatic heterocycles. The van der Waals surface area contributed by atoms with Crippen molar-refractivity contribution in [1.29, 1.82) is 0 Å². The summed E-state index contributed by atoms with van der Waals surface area (Å²) in [6.07, 6.45) is 3.87. The Morgan fingerprint density at radius 1 is 1.43 bits per heavy atom. The zero-order valence-electron chi connectivity index (χ0n) is 11.5. The number of nitrogens with one attached hydrogen (secondary N) is 1. The molecule has 2 aromatic rings. The fraction of sp³-hybridized carbons (Fsp3) is 0.333. The Kier molecular flexibility index (Phi) is 3.98. The Bertz CT molecular complexity index is 621. The maximum atomic E-state index is 12.3. The molecule has 1 amide bonds. The van der Waals surface area contributed by atoms with Crippen LogP contribution in [0.25, 0.3) is 5.69 Å². The minimum Gasteiger partial charge on any atom is -0.387 e. The van der Waals surface area contributed by atoms with E-state index in [1.807, 2.05) is 30.3 Å². The topological polar surface area (TPSA) is 67.2 Å². The first-order valence-corrected chi connectivity index (χ1v) is 8.00. The highest BCUT2D eigenvalue weighted by molar-refractivity contribution is 7.99. The fourth-order valence-corrected chi connectivity index (χ4v) is 3.62. The van der Waals surface area contributed by atoms with Gasteiger partial charge in [-0.2, -0.15) is 11.8 Å². The molecule has 1 atom stereocenters. The molecule has 1 unspecified atom stereocenters. The quantitative estimate of drug-likeness (QED) is 0.897. The van der Waals surface area contributed by atoms with Gasteiger partial charge in [-0.1, -0.05) is 18.2 Å². The second-order valence-corrected chi connectivity index (χ2v) is 6.30. The summed E-state index contributed by atoms with van der Waals surface area (Å²) in [6.45, 7) is 0.277. The van der Waals surface area contributed by atoms with Crippen LogP contribution in [0, 0.1) is 0 Å². The first-order chi connectivity index (χ1) is 10.2. The molecule has 1 aliphatic rings. The molecule has 1 saturated heterocycles. The van der Waals surface area contributed by atoms with Crippen molar-refractivity contribution < 1.29 is 9.90 Å². The zero-order chi connectivity index (χ0) is 14.7. The Balaban J connectivity index is 1.72. The van der Waals surface area contributed by atoms with E-state index in [0.717, 1.165) is 17.9 Å². The molecule has 0 saturated carbocycles. The number of rotatable bonds is 4. The molecule has 6 heteroatoms. The van der Waals surface area contributed by atoms with Gasteiger partial charge in [-0.25, -0.2) is 4.98 Å². The Labute approximate surface area is 127 Å². The van der Waals surface area contributed by atoms with Gasteiger partial charge in [-0.15, -0.1) is 0 Å². The van der Waals surface area contributed by atoms with Crippen molar-refractivity contribution in [3.8, 4) is 5.69 Å². The van der Waals surface area contributed by atoms with Crippen LogP contribution in [-0.2, 0) is 0 Å². The summed E-state index contributed by atoms with van der Waals surface area (Å²) in [5.74, 6) is 1.39. The molecule has 0 radical (unpaired) electrons. The molecule has 110 valence electrons. The van der Waals surface area contributed by atoms with Crippen LogP contribution in [-0.4, -0.2) is 44.2 Å². The maximum Gasteiger partial charge on any atom is 0.270 e. The van der Waals surface area contributed by atoms with Gasteiger partial charge in [-0.05, 0) is 24.3 Å². The van der Waals surface area contributed by atoms with Gasteiger partial charge in [0.2, 0.25) is 0 Å². The molecule has 1 aromatic heterocycles. The van der Waals surface area contributed by atoms with Crippen LogP contribution in [0.15, 0.2) is 42.9 Å². The molecule has 21 heavy (non-hydrogen) atoms. The van der Waals surface area contributed by atoms with Gasteiger partial charge >= 0.3 is 0 Å². The lowest BCUT2D eigenvalue weighted by atomic mass is 10.0. The molecule has 0 aliphatic carbocycles. The lowest BCUT2D eigenvalue weighted by Crippen LogP contribution is -2.43. The number of imidazole rings is 1. The zero-order valence-corrected chi connectivity index (χ0v) is 12.3. The molecule has 5 nitrogen and oxygen atoms in total.